The average Bonchev–Trinajstić information content (AvgIpc) is 2.51. The van der Waals surface area contributed by atoms with Crippen molar-refractivity contribution in [2.24, 2.45) is 5.92 Å². The molecule has 2 rings (SSSR count). The molecule has 1 aliphatic carbocycles. The Morgan fingerprint density at radius 1 is 1.39 bits per heavy atom. The molecule has 0 spiro atoms. The SMILES string of the molecule is COc1cc(CNCC2(F)CCC(C(=O)O)CC2)cc(F)c1F. The highest BCUT2D eigenvalue weighted by molar-refractivity contribution is 5.70. The van der Waals surface area contributed by atoms with Gasteiger partial charge in [-0.25, -0.2) is 8.78 Å². The van der Waals surface area contributed by atoms with Gasteiger partial charge in [-0.1, -0.05) is 0 Å². The van der Waals surface area contributed by atoms with E-state index in [1.54, 1.807) is 0 Å². The molecule has 23 heavy (non-hydrogen) atoms. The van der Waals surface area contributed by atoms with E-state index in [4.69, 9.17) is 9.84 Å². The van der Waals surface area contributed by atoms with Crippen LogP contribution in [0.4, 0.5) is 13.2 Å². The summed E-state index contributed by atoms with van der Waals surface area (Å²) in [6, 6.07) is 2.40. The van der Waals surface area contributed by atoms with E-state index in [0.29, 0.717) is 18.4 Å². The number of aliphatic carboxylic acids is 1. The molecule has 0 saturated heterocycles. The van der Waals surface area contributed by atoms with Crippen molar-refractivity contribution in [3.8, 4) is 5.75 Å². The number of ether oxygens (including phenoxy) is 1. The molecule has 1 fully saturated rings. The lowest BCUT2D eigenvalue weighted by Crippen LogP contribution is -2.40. The van der Waals surface area contributed by atoms with Gasteiger partial charge in [-0.05, 0) is 43.4 Å². The maximum atomic E-state index is 14.6. The summed E-state index contributed by atoms with van der Waals surface area (Å²) < 4.78 is 46.1. The van der Waals surface area contributed by atoms with E-state index < -0.39 is 29.2 Å². The molecule has 0 heterocycles. The maximum absolute atomic E-state index is 14.6. The van der Waals surface area contributed by atoms with Crippen LogP contribution in [0.25, 0.3) is 0 Å². The summed E-state index contributed by atoms with van der Waals surface area (Å²) in [4.78, 5) is 10.9. The van der Waals surface area contributed by atoms with Crippen molar-refractivity contribution in [3.05, 3.63) is 29.3 Å². The molecular weight excluding hydrogens is 311 g/mol. The number of hydrogen-bond acceptors (Lipinski definition) is 3. The number of hydrogen-bond donors (Lipinski definition) is 2. The highest BCUT2D eigenvalue weighted by Crippen LogP contribution is 2.35. The first-order valence-electron chi connectivity index (χ1n) is 7.49. The number of carboxylic acid groups (broad SMARTS) is 1. The zero-order chi connectivity index (χ0) is 17.0. The molecule has 1 aliphatic rings. The molecular formula is C16H20F3NO3. The molecule has 4 nitrogen and oxygen atoms in total. The molecule has 7 heteroatoms. The Bertz CT molecular complexity index is 572. The van der Waals surface area contributed by atoms with Crippen LogP contribution in [0, 0.1) is 17.6 Å². The molecule has 0 radical (unpaired) electrons. The monoisotopic (exact) mass is 331 g/mol. The highest BCUT2D eigenvalue weighted by atomic mass is 19.2. The quantitative estimate of drug-likeness (QED) is 0.841. The standard InChI is InChI=1S/C16H20F3NO3/c1-23-13-7-10(6-12(17)14(13)18)8-20-9-16(19)4-2-11(3-5-16)15(21)22/h6-7,11,20H,2-5,8-9H2,1H3,(H,21,22). The number of halogens is 3. The first-order valence-corrected chi connectivity index (χ1v) is 7.49. The van der Waals surface area contributed by atoms with E-state index in [-0.39, 0.29) is 31.7 Å². The lowest BCUT2D eigenvalue weighted by atomic mass is 9.80. The number of nitrogens with one attached hydrogen (secondary N) is 1. The van der Waals surface area contributed by atoms with E-state index in [9.17, 15) is 18.0 Å². The van der Waals surface area contributed by atoms with Gasteiger partial charge in [-0.15, -0.1) is 0 Å². The van der Waals surface area contributed by atoms with Gasteiger partial charge < -0.3 is 15.2 Å². The van der Waals surface area contributed by atoms with Gasteiger partial charge in [0.2, 0.25) is 5.82 Å². The first-order chi connectivity index (χ1) is 10.8. The van der Waals surface area contributed by atoms with E-state index >= 15 is 0 Å². The summed E-state index contributed by atoms with van der Waals surface area (Å²) in [6.45, 7) is 0.211. The number of rotatable bonds is 6. The lowest BCUT2D eigenvalue weighted by molar-refractivity contribution is -0.143. The molecule has 0 amide bonds. The number of methoxy groups -OCH3 is 1. The fourth-order valence-electron chi connectivity index (χ4n) is 2.86. The Morgan fingerprint density at radius 2 is 2.04 bits per heavy atom. The minimum absolute atomic E-state index is 0.0423. The normalized spacial score (nSPS) is 24.4. The molecule has 0 atom stereocenters. The van der Waals surface area contributed by atoms with Crippen LogP contribution in [0.5, 0.6) is 5.75 Å². The van der Waals surface area contributed by atoms with Gasteiger partial charge in [0.25, 0.3) is 0 Å². The average molecular weight is 331 g/mol. The smallest absolute Gasteiger partial charge is 0.306 e. The zero-order valence-corrected chi connectivity index (χ0v) is 12.9. The predicted octanol–water partition coefficient (Wildman–Crippen LogP) is 3.05. The molecule has 0 aliphatic heterocycles. The molecule has 0 unspecified atom stereocenters. The fourth-order valence-corrected chi connectivity index (χ4v) is 2.86. The first kappa shape index (κ1) is 17.6. The molecule has 128 valence electrons. The minimum Gasteiger partial charge on any atom is -0.494 e. The molecule has 1 aromatic carbocycles. The van der Waals surface area contributed by atoms with E-state index in [0.717, 1.165) is 6.07 Å². The third kappa shape index (κ3) is 4.37. The van der Waals surface area contributed by atoms with Crippen LogP contribution in [0.15, 0.2) is 12.1 Å². The summed E-state index contributed by atoms with van der Waals surface area (Å²) in [5.41, 5.74) is -1.02. The molecule has 0 aromatic heterocycles. The van der Waals surface area contributed by atoms with E-state index in [2.05, 4.69) is 5.32 Å². The van der Waals surface area contributed by atoms with Gasteiger partial charge in [0, 0.05) is 13.1 Å². The Hall–Kier alpha value is -1.76. The fraction of sp³-hybridized carbons (Fsp3) is 0.562. The molecule has 2 N–H and O–H groups in total. The lowest BCUT2D eigenvalue weighted by Gasteiger charge is -2.32. The van der Waals surface area contributed by atoms with Crippen molar-refractivity contribution in [1.82, 2.24) is 5.32 Å². The van der Waals surface area contributed by atoms with E-state index in [1.165, 1.54) is 13.2 Å². The van der Waals surface area contributed by atoms with Gasteiger partial charge >= 0.3 is 5.97 Å². The Labute approximate surface area is 132 Å². The predicted molar refractivity (Wildman–Crippen MR) is 78.0 cm³/mol. The second-order valence-corrected chi connectivity index (χ2v) is 5.96. The Kier molecular flexibility index (Phi) is 5.51. The van der Waals surface area contributed by atoms with Gasteiger partial charge in [-0.2, -0.15) is 4.39 Å². The summed E-state index contributed by atoms with van der Waals surface area (Å²) >= 11 is 0. The summed E-state index contributed by atoms with van der Waals surface area (Å²) in [5.74, 6) is -3.62. The minimum atomic E-state index is -1.46. The van der Waals surface area contributed by atoms with Gasteiger partial charge in [0.1, 0.15) is 5.67 Å². The van der Waals surface area contributed by atoms with Crippen molar-refractivity contribution in [3.63, 3.8) is 0 Å². The highest BCUT2D eigenvalue weighted by Gasteiger charge is 2.37. The molecule has 1 saturated carbocycles. The summed E-state index contributed by atoms with van der Waals surface area (Å²) in [6.07, 6.45) is 0.981. The van der Waals surface area contributed by atoms with E-state index in [1.807, 2.05) is 0 Å². The van der Waals surface area contributed by atoms with Crippen LogP contribution in [-0.2, 0) is 11.3 Å². The van der Waals surface area contributed by atoms with Crippen LogP contribution in [-0.4, -0.2) is 30.4 Å². The summed E-state index contributed by atoms with van der Waals surface area (Å²) in [5, 5.41) is 11.8. The van der Waals surface area contributed by atoms with Crippen molar-refractivity contribution in [1.29, 1.82) is 0 Å². The van der Waals surface area contributed by atoms with Crippen molar-refractivity contribution < 1.29 is 27.8 Å². The van der Waals surface area contributed by atoms with Crippen LogP contribution in [0.1, 0.15) is 31.2 Å². The van der Waals surface area contributed by atoms with Gasteiger partial charge in [-0.3, -0.25) is 4.79 Å². The van der Waals surface area contributed by atoms with Crippen LogP contribution >= 0.6 is 0 Å². The van der Waals surface area contributed by atoms with Crippen molar-refractivity contribution in [2.45, 2.75) is 37.9 Å². The number of carboxylic acids is 1. The third-order valence-corrected chi connectivity index (χ3v) is 4.28. The van der Waals surface area contributed by atoms with Gasteiger partial charge in [0.05, 0.1) is 13.0 Å². The third-order valence-electron chi connectivity index (χ3n) is 4.28. The maximum Gasteiger partial charge on any atom is 0.306 e. The topological polar surface area (TPSA) is 58.6 Å². The summed E-state index contributed by atoms with van der Waals surface area (Å²) in [7, 11) is 1.24. The second kappa shape index (κ2) is 7.21. The number of carbonyl (C=O) groups is 1. The van der Waals surface area contributed by atoms with Crippen LogP contribution in [0.2, 0.25) is 0 Å². The largest absolute Gasteiger partial charge is 0.494 e. The molecule has 1 aromatic rings. The van der Waals surface area contributed by atoms with Gasteiger partial charge in [0.15, 0.2) is 11.6 Å². The van der Waals surface area contributed by atoms with Crippen molar-refractivity contribution >= 4 is 5.97 Å². The van der Waals surface area contributed by atoms with Crippen molar-refractivity contribution in [2.75, 3.05) is 13.7 Å². The number of alkyl halides is 1. The second-order valence-electron chi connectivity index (χ2n) is 5.96. The van der Waals surface area contributed by atoms with Crippen LogP contribution < -0.4 is 10.1 Å². The molecule has 0 bridgehead atoms. The Morgan fingerprint density at radius 3 is 2.61 bits per heavy atom. The van der Waals surface area contributed by atoms with Crippen LogP contribution in [0.3, 0.4) is 0 Å². The number of benzene rings is 1. The Balaban J connectivity index is 1.88. The zero-order valence-electron chi connectivity index (χ0n) is 12.9.